The Labute approximate surface area is 79.2 Å². The molecule has 0 bridgehead atoms. The van der Waals surface area contributed by atoms with E-state index in [1.165, 1.54) is 6.07 Å². The molecule has 1 rings (SSSR count). The predicted molar refractivity (Wildman–Crippen MR) is 43.2 cm³/mol. The van der Waals surface area contributed by atoms with Crippen molar-refractivity contribution in [1.82, 2.24) is 4.98 Å². The first-order chi connectivity index (χ1) is 6.70. The average molecular weight is 193 g/mol. The second kappa shape index (κ2) is 4.29. The minimum absolute atomic E-state index is 0.0208. The third-order valence-electron chi connectivity index (χ3n) is 1.67. The Morgan fingerprint density at radius 3 is 2.64 bits per heavy atom. The molecule has 0 aliphatic heterocycles. The Morgan fingerprint density at radius 1 is 1.43 bits per heavy atom. The number of halogens is 2. The Hall–Kier alpha value is -2.01. The molecule has 0 amide bonds. The van der Waals surface area contributed by atoms with E-state index < -0.39 is 12.1 Å². The van der Waals surface area contributed by atoms with E-state index in [0.29, 0.717) is 0 Å². The molecule has 0 aliphatic carbocycles. The molecule has 0 saturated heterocycles. The molecule has 0 unspecified atom stereocenters. The van der Waals surface area contributed by atoms with Gasteiger partial charge in [-0.3, -0.25) is 4.98 Å². The fourth-order valence-electron chi connectivity index (χ4n) is 1.07. The Morgan fingerprint density at radius 2 is 2.14 bits per heavy atom. The monoisotopic (exact) mass is 193 g/mol. The molecule has 5 heteroatoms. The van der Waals surface area contributed by atoms with Crippen molar-refractivity contribution in [2.45, 2.75) is 12.8 Å². The van der Waals surface area contributed by atoms with Gasteiger partial charge in [0.1, 0.15) is 5.69 Å². The highest BCUT2D eigenvalue weighted by atomic mass is 19.3. The summed E-state index contributed by atoms with van der Waals surface area (Å²) in [5.41, 5.74) is -0.380. The van der Waals surface area contributed by atoms with E-state index in [9.17, 15) is 8.78 Å². The van der Waals surface area contributed by atoms with Crippen molar-refractivity contribution in [2.24, 2.45) is 0 Å². The molecule has 14 heavy (non-hydrogen) atoms. The van der Waals surface area contributed by atoms with Gasteiger partial charge in [-0.25, -0.2) is 8.78 Å². The molecular formula is C9H5F2N3. The smallest absolute Gasteiger partial charge is 0.255 e. The molecule has 1 aromatic rings. The number of nitrogens with zero attached hydrogens (tertiary/aromatic N) is 3. The minimum Gasteiger partial charge on any atom is -0.255 e. The second-order valence-corrected chi connectivity index (χ2v) is 2.47. The molecule has 0 aliphatic rings. The summed E-state index contributed by atoms with van der Waals surface area (Å²) in [5.74, 6) is 0. The van der Waals surface area contributed by atoms with Crippen molar-refractivity contribution in [1.29, 1.82) is 10.5 Å². The van der Waals surface area contributed by atoms with Crippen LogP contribution in [-0.2, 0) is 6.42 Å². The van der Waals surface area contributed by atoms with Gasteiger partial charge in [0.05, 0.1) is 24.1 Å². The van der Waals surface area contributed by atoms with Gasteiger partial charge >= 0.3 is 0 Å². The maximum atomic E-state index is 12.4. The number of pyridine rings is 1. The highest BCUT2D eigenvalue weighted by Gasteiger charge is 2.17. The van der Waals surface area contributed by atoms with Gasteiger partial charge in [0, 0.05) is 11.8 Å². The maximum Gasteiger partial charge on any atom is 0.280 e. The number of alkyl halides is 2. The molecule has 0 N–H and O–H groups in total. The molecule has 0 aromatic carbocycles. The lowest BCUT2D eigenvalue weighted by atomic mass is 10.1. The van der Waals surface area contributed by atoms with Crippen molar-refractivity contribution in [3.63, 3.8) is 0 Å². The summed E-state index contributed by atoms with van der Waals surface area (Å²) in [6.45, 7) is 0. The lowest BCUT2D eigenvalue weighted by Gasteiger charge is -2.05. The van der Waals surface area contributed by atoms with Crippen LogP contribution in [0.4, 0.5) is 8.78 Å². The minimum atomic E-state index is -2.76. The standard InChI is InChI=1S/C9H5F2N3/c10-9(11)8-7(1-3-12)6(5-13)2-4-14-8/h2,4,9H,1H2. The number of hydrogen-bond acceptors (Lipinski definition) is 3. The lowest BCUT2D eigenvalue weighted by molar-refractivity contribution is 0.145. The van der Waals surface area contributed by atoms with Gasteiger partial charge in [0.25, 0.3) is 6.43 Å². The van der Waals surface area contributed by atoms with E-state index >= 15 is 0 Å². The zero-order chi connectivity index (χ0) is 10.6. The first kappa shape index (κ1) is 10.1. The zero-order valence-electron chi connectivity index (χ0n) is 7.04. The van der Waals surface area contributed by atoms with E-state index in [2.05, 4.69) is 4.98 Å². The summed E-state index contributed by atoms with van der Waals surface area (Å²) in [5, 5.41) is 17.0. The van der Waals surface area contributed by atoms with Crippen molar-refractivity contribution < 1.29 is 8.78 Å². The number of aromatic nitrogens is 1. The molecule has 0 atom stereocenters. The van der Waals surface area contributed by atoms with Crippen LogP contribution in [0.5, 0.6) is 0 Å². The fraction of sp³-hybridized carbons (Fsp3) is 0.222. The van der Waals surface area contributed by atoms with Gasteiger partial charge < -0.3 is 0 Å². The summed E-state index contributed by atoms with van der Waals surface area (Å²) < 4.78 is 24.8. The lowest BCUT2D eigenvalue weighted by Crippen LogP contribution is -2.00. The highest BCUT2D eigenvalue weighted by Crippen LogP contribution is 2.23. The van der Waals surface area contributed by atoms with E-state index in [-0.39, 0.29) is 17.5 Å². The SMILES string of the molecule is N#CCc1c(C#N)ccnc1C(F)F. The molecule has 1 heterocycles. The highest BCUT2D eigenvalue weighted by molar-refractivity contribution is 5.41. The zero-order valence-corrected chi connectivity index (χ0v) is 7.04. The van der Waals surface area contributed by atoms with Crippen LogP contribution < -0.4 is 0 Å². The maximum absolute atomic E-state index is 12.4. The summed E-state index contributed by atoms with van der Waals surface area (Å²) >= 11 is 0. The van der Waals surface area contributed by atoms with Gasteiger partial charge in [0.2, 0.25) is 0 Å². The molecular weight excluding hydrogens is 188 g/mol. The van der Waals surface area contributed by atoms with Gasteiger partial charge in [-0.1, -0.05) is 0 Å². The molecule has 0 radical (unpaired) electrons. The average Bonchev–Trinajstić information content (AvgIpc) is 2.18. The number of nitriles is 2. The van der Waals surface area contributed by atoms with E-state index in [1.807, 2.05) is 0 Å². The predicted octanol–water partition coefficient (Wildman–Crippen LogP) is 1.96. The molecule has 1 aromatic heterocycles. The van der Waals surface area contributed by atoms with Crippen molar-refractivity contribution >= 4 is 0 Å². The van der Waals surface area contributed by atoms with Crippen LogP contribution in [0.3, 0.4) is 0 Å². The Bertz CT molecular complexity index is 415. The van der Waals surface area contributed by atoms with Crippen LogP contribution in [0.15, 0.2) is 12.3 Å². The van der Waals surface area contributed by atoms with Crippen molar-refractivity contribution in [3.8, 4) is 12.1 Å². The van der Waals surface area contributed by atoms with Gasteiger partial charge in [0.15, 0.2) is 0 Å². The van der Waals surface area contributed by atoms with Gasteiger partial charge in [-0.05, 0) is 6.07 Å². The third kappa shape index (κ3) is 1.83. The first-order valence-corrected chi connectivity index (χ1v) is 3.73. The first-order valence-electron chi connectivity index (χ1n) is 3.73. The number of hydrogen-bond donors (Lipinski definition) is 0. The summed E-state index contributed by atoms with van der Waals surface area (Å²) in [7, 11) is 0. The summed E-state index contributed by atoms with van der Waals surface area (Å²) in [6.07, 6.45) is -1.84. The van der Waals surface area contributed by atoms with Crippen LogP contribution in [0.2, 0.25) is 0 Å². The van der Waals surface area contributed by atoms with Crippen molar-refractivity contribution in [3.05, 3.63) is 29.1 Å². The number of rotatable bonds is 2. The Balaban J connectivity index is 3.31. The fourth-order valence-corrected chi connectivity index (χ4v) is 1.07. The van der Waals surface area contributed by atoms with Crippen LogP contribution >= 0.6 is 0 Å². The van der Waals surface area contributed by atoms with Gasteiger partial charge in [-0.2, -0.15) is 10.5 Å². The van der Waals surface area contributed by atoms with E-state index in [0.717, 1.165) is 6.20 Å². The topological polar surface area (TPSA) is 60.5 Å². The molecule has 70 valence electrons. The summed E-state index contributed by atoms with van der Waals surface area (Å²) in [4.78, 5) is 3.45. The van der Waals surface area contributed by atoms with Gasteiger partial charge in [-0.15, -0.1) is 0 Å². The summed E-state index contributed by atoms with van der Waals surface area (Å²) in [6, 6.07) is 4.80. The van der Waals surface area contributed by atoms with Crippen LogP contribution in [0.1, 0.15) is 23.2 Å². The largest absolute Gasteiger partial charge is 0.280 e. The quantitative estimate of drug-likeness (QED) is 0.721. The van der Waals surface area contributed by atoms with Crippen LogP contribution in [0.25, 0.3) is 0 Å². The van der Waals surface area contributed by atoms with Crippen LogP contribution in [-0.4, -0.2) is 4.98 Å². The Kier molecular flexibility index (Phi) is 3.09. The molecule has 0 saturated carbocycles. The third-order valence-corrected chi connectivity index (χ3v) is 1.67. The molecule has 0 fully saturated rings. The normalized spacial score (nSPS) is 9.50. The van der Waals surface area contributed by atoms with E-state index in [4.69, 9.17) is 10.5 Å². The van der Waals surface area contributed by atoms with Crippen LogP contribution in [0, 0.1) is 22.7 Å². The second-order valence-electron chi connectivity index (χ2n) is 2.47. The van der Waals surface area contributed by atoms with Crippen molar-refractivity contribution in [2.75, 3.05) is 0 Å². The molecule has 0 spiro atoms. The molecule has 3 nitrogen and oxygen atoms in total. The van der Waals surface area contributed by atoms with E-state index in [1.54, 1.807) is 12.1 Å².